The summed E-state index contributed by atoms with van der Waals surface area (Å²) in [6.07, 6.45) is -0.638. The molecule has 27 heteroatoms. The van der Waals surface area contributed by atoms with Crippen molar-refractivity contribution in [3.63, 3.8) is 0 Å². The number of guanidine groups is 1. The standard InChI is InChI=1S/C46H71N13O14/c1-24(2)21-31(56-38(65)27-14-16-36(62)52-27)40(67)57-32(22-25-10-12-26(60)13-11-25)41(68)53-28(15-17-37(63)64)39(66)58-33(23-35(48)61)42(69)54-29(7-3-4-18-47)44(71)59-20-6-9-34(59)43(70)55-30(45(72)73)8-5-19-51-46(49)50/h10-13,24,27-34,60H,3-9,14-23,47H2,1-2H3,(H2,48,61)(H,52,62)(H,53,68)(H,54,69)(H,55,70)(H,56,65)(H,57,67)(H,58,66)(H,63,64)(H,72,73)(H4,49,50,51)/t27-,28-,29-,30-,31-,32-,33-,34-/m0/s1. The highest BCUT2D eigenvalue weighted by molar-refractivity contribution is 5.99. The van der Waals surface area contributed by atoms with Gasteiger partial charge < -0.3 is 80.4 Å². The molecule has 2 saturated heterocycles. The van der Waals surface area contributed by atoms with Gasteiger partial charge in [-0.05, 0) is 94.4 Å². The van der Waals surface area contributed by atoms with Crippen molar-refractivity contribution in [2.24, 2.45) is 33.8 Å². The van der Waals surface area contributed by atoms with Crippen LogP contribution in [0.3, 0.4) is 0 Å². The molecule has 1 aromatic carbocycles. The number of amides is 9. The molecule has 0 aliphatic carbocycles. The minimum atomic E-state index is -1.82. The van der Waals surface area contributed by atoms with Gasteiger partial charge in [-0.1, -0.05) is 26.0 Å². The highest BCUT2D eigenvalue weighted by atomic mass is 16.4. The number of hydrogen-bond acceptors (Lipinski definition) is 14. The van der Waals surface area contributed by atoms with Crippen LogP contribution in [0, 0.1) is 5.92 Å². The molecule has 0 aromatic heterocycles. The molecular weight excluding hydrogens is 959 g/mol. The molecule has 2 aliphatic heterocycles. The predicted octanol–water partition coefficient (Wildman–Crippen LogP) is -3.83. The van der Waals surface area contributed by atoms with Gasteiger partial charge in [0.1, 0.15) is 54.1 Å². The predicted molar refractivity (Wildman–Crippen MR) is 260 cm³/mol. The van der Waals surface area contributed by atoms with Crippen LogP contribution in [0.4, 0.5) is 0 Å². The number of phenolic OH excluding ortho intramolecular Hbond substituents is 1. The van der Waals surface area contributed by atoms with E-state index < -0.39 is 127 Å². The topological polar surface area (TPSA) is 452 Å². The number of aliphatic imine (C=N–C) groups is 1. The number of nitrogens with two attached hydrogens (primary N) is 4. The molecule has 18 N–H and O–H groups in total. The summed E-state index contributed by atoms with van der Waals surface area (Å²) in [6.45, 7) is 3.94. The van der Waals surface area contributed by atoms with E-state index in [1.165, 1.54) is 29.2 Å². The SMILES string of the molecule is CC(C)C[C@H](NC(=O)[C@@H]1CCC(=O)N1)C(=O)N[C@@H](Cc1ccc(O)cc1)C(=O)N[C@@H](CCC(=O)O)C(=O)N[C@@H](CC(N)=O)C(=O)N[C@@H](CCCCN)C(=O)N1CCC[C@H]1C(=O)N[C@@H](CCCN=C(N)N)C(=O)O. The fourth-order valence-corrected chi connectivity index (χ4v) is 8.18. The second kappa shape index (κ2) is 29.7. The summed E-state index contributed by atoms with van der Waals surface area (Å²) in [4.78, 5) is 150. The van der Waals surface area contributed by atoms with Crippen molar-refractivity contribution >= 4 is 71.1 Å². The molecule has 27 nitrogen and oxygen atoms in total. The van der Waals surface area contributed by atoms with Crippen LogP contribution >= 0.6 is 0 Å². The fourth-order valence-electron chi connectivity index (χ4n) is 8.18. The Morgan fingerprint density at radius 1 is 0.726 bits per heavy atom. The average Bonchev–Trinajstić information content (AvgIpc) is 4.00. The summed E-state index contributed by atoms with van der Waals surface area (Å²) in [6, 6.07) is -5.45. The summed E-state index contributed by atoms with van der Waals surface area (Å²) in [5, 5.41) is 46.8. The number of primary amides is 1. The number of carbonyl (C=O) groups excluding carboxylic acids is 9. The first-order chi connectivity index (χ1) is 34.5. The van der Waals surface area contributed by atoms with Gasteiger partial charge >= 0.3 is 11.9 Å². The van der Waals surface area contributed by atoms with E-state index in [9.17, 15) is 68.1 Å². The van der Waals surface area contributed by atoms with Crippen LogP contribution in [0.1, 0.15) is 103 Å². The average molecular weight is 1030 g/mol. The molecule has 404 valence electrons. The highest BCUT2D eigenvalue weighted by Gasteiger charge is 2.40. The number of aliphatic carboxylic acids is 2. The number of carboxylic acid groups (broad SMARTS) is 2. The van der Waals surface area contributed by atoms with Crippen LogP contribution in [-0.2, 0) is 59.2 Å². The van der Waals surface area contributed by atoms with Gasteiger partial charge in [0.15, 0.2) is 5.96 Å². The third-order valence-corrected chi connectivity index (χ3v) is 11.9. The van der Waals surface area contributed by atoms with Gasteiger partial charge in [-0.25, -0.2) is 4.79 Å². The maximum atomic E-state index is 14.2. The van der Waals surface area contributed by atoms with E-state index in [0.717, 1.165) is 0 Å². The van der Waals surface area contributed by atoms with Gasteiger partial charge in [0.25, 0.3) is 0 Å². The van der Waals surface area contributed by atoms with Crippen LogP contribution in [0.5, 0.6) is 5.75 Å². The monoisotopic (exact) mass is 1030 g/mol. The van der Waals surface area contributed by atoms with Crippen LogP contribution in [-0.4, -0.2) is 159 Å². The van der Waals surface area contributed by atoms with Crippen LogP contribution in [0.25, 0.3) is 0 Å². The molecular formula is C46H71N13O14. The Bertz CT molecular complexity index is 2170. The first-order valence-corrected chi connectivity index (χ1v) is 24.2. The number of nitrogens with one attached hydrogen (secondary N) is 7. The molecule has 0 unspecified atom stereocenters. The molecule has 73 heavy (non-hydrogen) atoms. The molecule has 0 bridgehead atoms. The van der Waals surface area contributed by atoms with E-state index in [1.807, 2.05) is 0 Å². The van der Waals surface area contributed by atoms with Crippen LogP contribution in [0.2, 0.25) is 0 Å². The lowest BCUT2D eigenvalue weighted by molar-refractivity contribution is -0.145. The number of benzene rings is 1. The van der Waals surface area contributed by atoms with E-state index >= 15 is 0 Å². The Morgan fingerprint density at radius 2 is 1.32 bits per heavy atom. The number of rotatable bonds is 31. The molecule has 2 heterocycles. The minimum absolute atomic E-state index is 0.0311. The van der Waals surface area contributed by atoms with Crippen molar-refractivity contribution in [1.82, 2.24) is 42.1 Å². The number of unbranched alkanes of at least 4 members (excludes halogenated alkanes) is 1. The summed E-state index contributed by atoms with van der Waals surface area (Å²) in [5.41, 5.74) is 22.3. The zero-order chi connectivity index (χ0) is 54.4. The summed E-state index contributed by atoms with van der Waals surface area (Å²) < 4.78 is 0. The second-order valence-corrected chi connectivity index (χ2v) is 18.4. The van der Waals surface area contributed by atoms with Crippen molar-refractivity contribution in [2.75, 3.05) is 19.6 Å². The largest absolute Gasteiger partial charge is 0.508 e. The Labute approximate surface area is 421 Å². The maximum absolute atomic E-state index is 14.2. The number of likely N-dealkylation sites (tertiary alicyclic amines) is 1. The fraction of sp³-hybridized carbons (Fsp3) is 0.609. The van der Waals surface area contributed by atoms with Crippen LogP contribution < -0.4 is 60.2 Å². The van der Waals surface area contributed by atoms with E-state index in [-0.39, 0.29) is 101 Å². The molecule has 2 fully saturated rings. The minimum Gasteiger partial charge on any atom is -0.508 e. The van der Waals surface area contributed by atoms with Crippen LogP contribution in [0.15, 0.2) is 29.3 Å². The number of phenols is 1. The van der Waals surface area contributed by atoms with E-state index in [1.54, 1.807) is 13.8 Å². The van der Waals surface area contributed by atoms with Gasteiger partial charge in [0.2, 0.25) is 53.2 Å². The first-order valence-electron chi connectivity index (χ1n) is 24.2. The lowest BCUT2D eigenvalue weighted by atomic mass is 10.00. The summed E-state index contributed by atoms with van der Waals surface area (Å²) >= 11 is 0. The van der Waals surface area contributed by atoms with Gasteiger partial charge in [0.05, 0.1) is 6.42 Å². The van der Waals surface area contributed by atoms with Crippen molar-refractivity contribution < 1.29 is 68.1 Å². The zero-order valence-corrected chi connectivity index (χ0v) is 41.1. The second-order valence-electron chi connectivity index (χ2n) is 18.4. The van der Waals surface area contributed by atoms with E-state index in [2.05, 4.69) is 42.2 Å². The third kappa shape index (κ3) is 20.6. The molecule has 0 saturated carbocycles. The molecule has 0 radical (unpaired) electrons. The molecule has 1 aromatic rings. The molecule has 3 rings (SSSR count). The Balaban J connectivity index is 1.88. The maximum Gasteiger partial charge on any atom is 0.326 e. The lowest BCUT2D eigenvalue weighted by Crippen LogP contribution is -2.60. The first kappa shape index (κ1) is 59.7. The van der Waals surface area contributed by atoms with Gasteiger partial charge in [-0.3, -0.25) is 52.9 Å². The van der Waals surface area contributed by atoms with E-state index in [0.29, 0.717) is 18.4 Å². The number of hydrogen-bond donors (Lipinski definition) is 14. The molecule has 0 spiro atoms. The van der Waals surface area contributed by atoms with Gasteiger partial charge in [-0.2, -0.15) is 0 Å². The Kier molecular flexibility index (Phi) is 24.3. The zero-order valence-electron chi connectivity index (χ0n) is 41.1. The summed E-state index contributed by atoms with van der Waals surface area (Å²) in [5.74, 6) is -10.8. The van der Waals surface area contributed by atoms with E-state index in [4.69, 9.17) is 22.9 Å². The van der Waals surface area contributed by atoms with Gasteiger partial charge in [-0.15, -0.1) is 0 Å². The highest BCUT2D eigenvalue weighted by Crippen LogP contribution is 2.21. The normalized spacial score (nSPS) is 17.6. The van der Waals surface area contributed by atoms with Crippen molar-refractivity contribution in [1.29, 1.82) is 0 Å². The molecule has 9 amide bonds. The smallest absolute Gasteiger partial charge is 0.326 e. The Hall–Kier alpha value is -7.58. The number of nitrogens with zero attached hydrogens (tertiary/aromatic N) is 2. The molecule has 2 aliphatic rings. The third-order valence-electron chi connectivity index (χ3n) is 11.9. The number of carboxylic acids is 2. The van der Waals surface area contributed by atoms with Crippen molar-refractivity contribution in [2.45, 2.75) is 152 Å². The summed E-state index contributed by atoms with van der Waals surface area (Å²) in [7, 11) is 0. The quantitative estimate of drug-likeness (QED) is 0.0192. The van der Waals surface area contributed by atoms with Crippen molar-refractivity contribution in [3.8, 4) is 5.75 Å². The molecule has 8 atom stereocenters. The lowest BCUT2D eigenvalue weighted by Gasteiger charge is -2.30. The number of carbonyl (C=O) groups is 11. The Morgan fingerprint density at radius 3 is 1.90 bits per heavy atom. The van der Waals surface area contributed by atoms with Gasteiger partial charge in [0, 0.05) is 32.4 Å². The number of aromatic hydroxyl groups is 1. The van der Waals surface area contributed by atoms with Crippen molar-refractivity contribution in [3.05, 3.63) is 29.8 Å².